The number of rotatable bonds is 5. The Morgan fingerprint density at radius 2 is 1.88 bits per heavy atom. The van der Waals surface area contributed by atoms with Crippen LogP contribution in [0.4, 0.5) is 0 Å². The van der Waals surface area contributed by atoms with Crippen molar-refractivity contribution in [3.8, 4) is 0 Å². The minimum absolute atomic E-state index is 0.326. The molecule has 0 aliphatic carbocycles. The van der Waals surface area contributed by atoms with Crippen LogP contribution < -0.4 is 0 Å². The summed E-state index contributed by atoms with van der Waals surface area (Å²) >= 11 is 3.38. The predicted octanol–water partition coefficient (Wildman–Crippen LogP) is 2.49. The molecule has 0 bridgehead atoms. The van der Waals surface area contributed by atoms with E-state index in [2.05, 4.69) is 15.9 Å². The van der Waals surface area contributed by atoms with Gasteiger partial charge in [-0.1, -0.05) is 29.3 Å². The Bertz CT molecular complexity index is 509. The lowest BCUT2D eigenvalue weighted by molar-refractivity contribution is -0.235. The number of fused-ring (bicyclic) bond motifs is 1. The van der Waals surface area contributed by atoms with Crippen molar-refractivity contribution in [1.29, 1.82) is 0 Å². The normalized spacial score (nSPS) is 40.0. The van der Waals surface area contributed by atoms with Crippen LogP contribution in [-0.4, -0.2) is 59.7 Å². The van der Waals surface area contributed by atoms with Crippen molar-refractivity contribution in [3.63, 3.8) is 0 Å². The lowest BCUT2D eigenvalue weighted by Gasteiger charge is -2.29. The predicted molar refractivity (Wildman–Crippen MR) is 91.1 cm³/mol. The van der Waals surface area contributed by atoms with Gasteiger partial charge < -0.3 is 28.4 Å². The van der Waals surface area contributed by atoms with Crippen LogP contribution in [0.5, 0.6) is 0 Å². The molecule has 3 fully saturated rings. The monoisotopic (exact) mass is 422 g/mol. The zero-order valence-electron chi connectivity index (χ0n) is 15.3. The highest BCUT2D eigenvalue weighted by Crippen LogP contribution is 2.42. The molecule has 0 N–H and O–H groups in total. The highest BCUT2D eigenvalue weighted by atomic mass is 79.9. The van der Waals surface area contributed by atoms with Gasteiger partial charge in [0.25, 0.3) is 0 Å². The topological polar surface area (TPSA) is 72.5 Å². The number of esters is 1. The molecule has 0 aromatic carbocycles. The molecule has 0 spiro atoms. The van der Waals surface area contributed by atoms with Crippen LogP contribution >= 0.6 is 15.9 Å². The Morgan fingerprint density at radius 1 is 1.16 bits per heavy atom. The molecule has 0 aromatic heterocycles. The van der Waals surface area contributed by atoms with Crippen molar-refractivity contribution in [2.75, 3.05) is 6.61 Å². The summed E-state index contributed by atoms with van der Waals surface area (Å²) in [6.45, 7) is 9.68. The third-order valence-electron chi connectivity index (χ3n) is 4.47. The molecule has 144 valence electrons. The van der Waals surface area contributed by atoms with Crippen LogP contribution in [-0.2, 0) is 33.2 Å². The fraction of sp³-hybridized carbons (Fsp3) is 0.941. The van der Waals surface area contributed by atoms with Crippen LogP contribution in [0, 0.1) is 0 Å². The Balaban J connectivity index is 1.74. The number of carbonyl (C=O) groups is 1. The molecule has 0 saturated carbocycles. The largest absolute Gasteiger partial charge is 0.456 e. The van der Waals surface area contributed by atoms with Gasteiger partial charge in [-0.05, 0) is 34.1 Å². The molecule has 3 saturated heterocycles. The third-order valence-corrected chi connectivity index (χ3v) is 5.31. The molecule has 3 rings (SSSR count). The van der Waals surface area contributed by atoms with Crippen molar-refractivity contribution in [3.05, 3.63) is 0 Å². The number of hydrogen-bond acceptors (Lipinski definition) is 7. The van der Waals surface area contributed by atoms with E-state index in [1.165, 1.54) is 0 Å². The van der Waals surface area contributed by atoms with E-state index in [4.69, 9.17) is 28.4 Å². The number of carbonyl (C=O) groups excluding carboxylic acids is 1. The second-order valence-corrected chi connectivity index (χ2v) is 8.70. The summed E-state index contributed by atoms with van der Waals surface area (Å²) in [7, 11) is 0. The van der Waals surface area contributed by atoms with E-state index >= 15 is 0 Å². The molecule has 3 heterocycles. The number of halogens is 1. The van der Waals surface area contributed by atoms with Crippen molar-refractivity contribution in [2.24, 2.45) is 0 Å². The summed E-state index contributed by atoms with van der Waals surface area (Å²) in [5.74, 6) is -1.80. The zero-order chi connectivity index (χ0) is 18.4. The minimum atomic E-state index is -0.783. The van der Waals surface area contributed by atoms with Gasteiger partial charge in [-0.3, -0.25) is 4.79 Å². The Morgan fingerprint density at radius 3 is 2.48 bits per heavy atom. The molecule has 0 unspecified atom stereocenters. The number of hydrogen-bond donors (Lipinski definition) is 0. The van der Waals surface area contributed by atoms with Crippen molar-refractivity contribution in [2.45, 2.75) is 94.6 Å². The van der Waals surface area contributed by atoms with Gasteiger partial charge in [0.05, 0.1) is 6.61 Å². The van der Waals surface area contributed by atoms with Gasteiger partial charge in [-0.2, -0.15) is 0 Å². The van der Waals surface area contributed by atoms with Crippen molar-refractivity contribution >= 4 is 21.9 Å². The number of alkyl halides is 1. The lowest BCUT2D eigenvalue weighted by atomic mass is 10.1. The second kappa shape index (κ2) is 7.05. The highest BCUT2D eigenvalue weighted by molar-refractivity contribution is 9.10. The summed E-state index contributed by atoms with van der Waals surface area (Å²) < 4.78 is 35.0. The summed E-state index contributed by atoms with van der Waals surface area (Å²) in [5.41, 5.74) is 0. The summed E-state index contributed by atoms with van der Waals surface area (Å²) in [6.07, 6.45) is -0.972. The SMILES string of the molecule is CCC[C@H](Br)C(=O)O[C@@H]1[C@H]2OC(C)(C)O[C@H]2O[C@@H]1[C@H]1COC(C)(C)O1. The van der Waals surface area contributed by atoms with E-state index in [0.717, 1.165) is 6.42 Å². The molecule has 3 aliphatic heterocycles. The Hall–Kier alpha value is -0.250. The molecule has 7 nitrogen and oxygen atoms in total. The molecule has 0 radical (unpaired) electrons. The fourth-order valence-corrected chi connectivity index (χ4v) is 3.96. The lowest BCUT2D eigenvalue weighted by Crippen LogP contribution is -2.46. The molecule has 3 aliphatic rings. The smallest absolute Gasteiger partial charge is 0.320 e. The van der Waals surface area contributed by atoms with Gasteiger partial charge in [-0.15, -0.1) is 0 Å². The first-order valence-corrected chi connectivity index (χ1v) is 9.71. The van der Waals surface area contributed by atoms with E-state index < -0.39 is 36.2 Å². The average Bonchev–Trinajstić information content (AvgIpc) is 3.10. The first kappa shape index (κ1) is 19.5. The second-order valence-electron chi connectivity index (χ2n) is 7.59. The maximum absolute atomic E-state index is 12.4. The van der Waals surface area contributed by atoms with Gasteiger partial charge in [0.1, 0.15) is 17.0 Å². The standard InChI is InChI=1S/C17H27BrO7/c1-6-7-9(18)14(19)21-12-11(10-8-20-16(2,3)23-10)22-15-13(12)24-17(4,5)25-15/h9-13,15H,6-8H2,1-5H3/t9-,10+,11+,12-,13+,15+/m0/s1. The molecular formula is C17H27BrO7. The zero-order valence-corrected chi connectivity index (χ0v) is 16.9. The summed E-state index contributed by atoms with van der Waals surface area (Å²) in [4.78, 5) is 12.1. The summed E-state index contributed by atoms with van der Waals surface area (Å²) in [5, 5.41) is 0. The molecule has 8 heteroatoms. The van der Waals surface area contributed by atoms with E-state index in [1.54, 1.807) is 0 Å². The molecule has 25 heavy (non-hydrogen) atoms. The molecule has 0 amide bonds. The quantitative estimate of drug-likeness (QED) is 0.497. The fourth-order valence-electron chi connectivity index (χ4n) is 3.39. The van der Waals surface area contributed by atoms with Crippen molar-refractivity contribution < 1.29 is 33.2 Å². The number of ether oxygens (including phenoxy) is 6. The first-order valence-electron chi connectivity index (χ1n) is 8.79. The van der Waals surface area contributed by atoms with Crippen LogP contribution in [0.25, 0.3) is 0 Å². The van der Waals surface area contributed by atoms with Crippen LogP contribution in [0.1, 0.15) is 47.5 Å². The van der Waals surface area contributed by atoms with Gasteiger partial charge in [0, 0.05) is 0 Å². The van der Waals surface area contributed by atoms with Gasteiger partial charge >= 0.3 is 5.97 Å². The Kier molecular flexibility index (Phi) is 5.50. The third kappa shape index (κ3) is 4.20. The molecule has 0 aromatic rings. The minimum Gasteiger partial charge on any atom is -0.456 e. The maximum Gasteiger partial charge on any atom is 0.320 e. The average molecular weight is 423 g/mol. The van der Waals surface area contributed by atoms with E-state index in [0.29, 0.717) is 13.0 Å². The van der Waals surface area contributed by atoms with E-state index in [9.17, 15) is 4.79 Å². The summed E-state index contributed by atoms with van der Waals surface area (Å²) in [6, 6.07) is 0. The molecule has 6 atom stereocenters. The van der Waals surface area contributed by atoms with Crippen LogP contribution in [0.15, 0.2) is 0 Å². The van der Waals surface area contributed by atoms with Crippen molar-refractivity contribution in [1.82, 2.24) is 0 Å². The van der Waals surface area contributed by atoms with E-state index in [1.807, 2.05) is 34.6 Å². The van der Waals surface area contributed by atoms with Gasteiger partial charge in [0.2, 0.25) is 0 Å². The maximum atomic E-state index is 12.4. The van der Waals surface area contributed by atoms with Gasteiger partial charge in [0.15, 0.2) is 30.1 Å². The Labute approximate surface area is 156 Å². The molecular weight excluding hydrogens is 396 g/mol. The van der Waals surface area contributed by atoms with Crippen LogP contribution in [0.3, 0.4) is 0 Å². The highest BCUT2D eigenvalue weighted by Gasteiger charge is 2.60. The van der Waals surface area contributed by atoms with Gasteiger partial charge in [-0.25, -0.2) is 0 Å². The van der Waals surface area contributed by atoms with E-state index in [-0.39, 0.29) is 16.9 Å². The first-order chi connectivity index (χ1) is 11.6. The van der Waals surface area contributed by atoms with Crippen LogP contribution in [0.2, 0.25) is 0 Å².